The highest BCUT2D eigenvalue weighted by Gasteiger charge is 2.21. The average Bonchev–Trinajstić information content (AvgIpc) is 2.79. The number of carboxylic acids is 1. The number of hydrogen-bond donors (Lipinski definition) is 2. The average molecular weight is 464 g/mol. The number of non-ortho nitro benzene ring substituents is 1. The second-order valence-electron chi connectivity index (χ2n) is 7.05. The van der Waals surface area contributed by atoms with Gasteiger partial charge in [-0.25, -0.2) is 23.2 Å². The third-order valence-corrected chi connectivity index (χ3v) is 6.12. The van der Waals surface area contributed by atoms with Crippen molar-refractivity contribution < 1.29 is 23.2 Å². The number of carboxylic acid groups (broad SMARTS) is 1. The number of aromatic carboxylic acids is 1. The monoisotopic (exact) mass is 464 g/mol. The number of anilines is 1. The number of carbonyl (C=O) groups is 1. The zero-order valence-corrected chi connectivity index (χ0v) is 17.7. The minimum absolute atomic E-state index is 0.0254. The first-order valence-corrected chi connectivity index (χ1v) is 11.1. The Bertz CT molecular complexity index is 1490. The van der Waals surface area contributed by atoms with E-state index in [1.54, 1.807) is 36.4 Å². The largest absolute Gasteiger partial charge is 0.478 e. The highest BCUT2D eigenvalue weighted by molar-refractivity contribution is 7.92. The Morgan fingerprint density at radius 3 is 2.27 bits per heavy atom. The molecule has 0 bridgehead atoms. The molecule has 0 unspecified atom stereocenters. The molecule has 2 N–H and O–H groups in total. The van der Waals surface area contributed by atoms with Gasteiger partial charge in [0.15, 0.2) is 5.82 Å². The fourth-order valence-electron chi connectivity index (χ4n) is 3.15. The van der Waals surface area contributed by atoms with Crippen LogP contribution in [0.1, 0.15) is 21.6 Å². The van der Waals surface area contributed by atoms with Crippen molar-refractivity contribution in [2.45, 2.75) is 11.3 Å². The van der Waals surface area contributed by atoms with Crippen LogP contribution >= 0.6 is 0 Å². The molecule has 0 fully saturated rings. The van der Waals surface area contributed by atoms with Gasteiger partial charge in [-0.2, -0.15) is 0 Å². The topological polar surface area (TPSA) is 152 Å². The Morgan fingerprint density at radius 1 is 0.970 bits per heavy atom. The molecule has 4 aromatic rings. The van der Waals surface area contributed by atoms with E-state index in [1.807, 2.05) is 0 Å². The van der Waals surface area contributed by atoms with Gasteiger partial charge in [0.2, 0.25) is 0 Å². The zero-order chi connectivity index (χ0) is 23.6. The van der Waals surface area contributed by atoms with Crippen molar-refractivity contribution in [3.8, 4) is 0 Å². The van der Waals surface area contributed by atoms with Crippen molar-refractivity contribution >= 4 is 38.5 Å². The molecule has 1 heterocycles. The standard InChI is InChI=1S/C22H16N4O6S/c27-22(28)15-10-8-14(9-11-15)12-20-21(24-19-7-2-1-6-18(19)23-20)25-33(31,32)17-5-3-4-16(13-17)26(29)30/h1-11,13H,12H2,(H,24,25)(H,27,28). The molecule has 0 amide bonds. The van der Waals surface area contributed by atoms with Crippen LogP contribution in [0.3, 0.4) is 0 Å². The SMILES string of the molecule is O=C(O)c1ccc(Cc2nc3ccccc3nc2NS(=O)(=O)c2cccc([N+](=O)[O-])c2)cc1. The van der Waals surface area contributed by atoms with Crippen LogP contribution in [-0.4, -0.2) is 34.4 Å². The molecular weight excluding hydrogens is 448 g/mol. The maximum atomic E-state index is 13.0. The lowest BCUT2D eigenvalue weighted by Crippen LogP contribution is -2.16. The van der Waals surface area contributed by atoms with E-state index in [9.17, 15) is 23.3 Å². The molecule has 33 heavy (non-hydrogen) atoms. The molecule has 0 aliphatic heterocycles. The molecule has 0 atom stereocenters. The molecular formula is C22H16N4O6S. The first kappa shape index (κ1) is 21.8. The Hall–Kier alpha value is -4.38. The molecule has 0 saturated heterocycles. The summed E-state index contributed by atoms with van der Waals surface area (Å²) in [6.07, 6.45) is 0.171. The first-order chi connectivity index (χ1) is 15.7. The van der Waals surface area contributed by atoms with Crippen molar-refractivity contribution in [2.24, 2.45) is 0 Å². The Labute approximate surface area is 187 Å². The van der Waals surface area contributed by atoms with Gasteiger partial charge < -0.3 is 5.11 Å². The van der Waals surface area contributed by atoms with Crippen LogP contribution in [0.5, 0.6) is 0 Å². The second-order valence-corrected chi connectivity index (χ2v) is 8.73. The van der Waals surface area contributed by atoms with E-state index in [0.29, 0.717) is 22.3 Å². The van der Waals surface area contributed by atoms with Crippen LogP contribution in [0.25, 0.3) is 11.0 Å². The van der Waals surface area contributed by atoms with Gasteiger partial charge in [0.25, 0.3) is 15.7 Å². The third kappa shape index (κ3) is 4.77. The van der Waals surface area contributed by atoms with E-state index in [4.69, 9.17) is 5.11 Å². The molecule has 11 heteroatoms. The van der Waals surface area contributed by atoms with Crippen LogP contribution in [-0.2, 0) is 16.4 Å². The number of benzene rings is 3. The lowest BCUT2D eigenvalue weighted by Gasteiger charge is -2.13. The first-order valence-electron chi connectivity index (χ1n) is 9.58. The molecule has 0 radical (unpaired) electrons. The van der Waals surface area contributed by atoms with E-state index in [1.165, 1.54) is 30.3 Å². The fraction of sp³-hybridized carbons (Fsp3) is 0.0455. The lowest BCUT2D eigenvalue weighted by molar-refractivity contribution is -0.385. The van der Waals surface area contributed by atoms with Crippen molar-refractivity contribution in [2.75, 3.05) is 4.72 Å². The predicted octanol–water partition coefficient (Wildman–Crippen LogP) is 3.63. The molecule has 1 aromatic heterocycles. The van der Waals surface area contributed by atoms with Gasteiger partial charge in [0.05, 0.1) is 32.1 Å². The summed E-state index contributed by atoms with van der Waals surface area (Å²) in [6, 6.07) is 17.7. The number of aromatic nitrogens is 2. The number of nitro benzene ring substituents is 1. The number of nitrogens with one attached hydrogen (secondary N) is 1. The summed E-state index contributed by atoms with van der Waals surface area (Å²) in [6.45, 7) is 0. The summed E-state index contributed by atoms with van der Waals surface area (Å²) in [4.78, 5) is 30.1. The number of nitrogens with zero attached hydrogens (tertiary/aromatic N) is 3. The van der Waals surface area contributed by atoms with E-state index >= 15 is 0 Å². The maximum Gasteiger partial charge on any atom is 0.335 e. The van der Waals surface area contributed by atoms with Gasteiger partial charge in [-0.15, -0.1) is 0 Å². The number of para-hydroxylation sites is 2. The van der Waals surface area contributed by atoms with E-state index < -0.39 is 20.9 Å². The van der Waals surface area contributed by atoms with E-state index in [2.05, 4.69) is 14.7 Å². The van der Waals surface area contributed by atoms with Crippen LogP contribution < -0.4 is 4.72 Å². The minimum Gasteiger partial charge on any atom is -0.478 e. The fourth-order valence-corrected chi connectivity index (χ4v) is 4.22. The molecule has 10 nitrogen and oxygen atoms in total. The third-order valence-electron chi connectivity index (χ3n) is 4.78. The van der Waals surface area contributed by atoms with Gasteiger partial charge in [-0.3, -0.25) is 14.8 Å². The number of sulfonamides is 1. The minimum atomic E-state index is -4.21. The molecule has 0 aliphatic rings. The number of fused-ring (bicyclic) bond motifs is 1. The van der Waals surface area contributed by atoms with Crippen molar-refractivity contribution in [3.63, 3.8) is 0 Å². The van der Waals surface area contributed by atoms with Crippen LogP contribution in [0.2, 0.25) is 0 Å². The molecule has 166 valence electrons. The lowest BCUT2D eigenvalue weighted by atomic mass is 10.1. The van der Waals surface area contributed by atoms with Crippen LogP contribution in [0.4, 0.5) is 11.5 Å². The Kier molecular flexibility index (Phi) is 5.71. The summed E-state index contributed by atoms with van der Waals surface area (Å²) in [7, 11) is -4.21. The number of hydrogen-bond acceptors (Lipinski definition) is 7. The van der Waals surface area contributed by atoms with Gasteiger partial charge >= 0.3 is 5.97 Å². The summed E-state index contributed by atoms with van der Waals surface area (Å²) in [5.41, 5.74) is 1.77. The van der Waals surface area contributed by atoms with Crippen molar-refractivity contribution in [1.82, 2.24) is 9.97 Å². The smallest absolute Gasteiger partial charge is 0.335 e. The summed E-state index contributed by atoms with van der Waals surface area (Å²) in [5.74, 6) is -1.08. The Morgan fingerprint density at radius 2 is 1.64 bits per heavy atom. The predicted molar refractivity (Wildman–Crippen MR) is 120 cm³/mol. The highest BCUT2D eigenvalue weighted by atomic mass is 32.2. The molecule has 0 saturated carbocycles. The molecule has 4 rings (SSSR count). The number of nitro groups is 1. The maximum absolute atomic E-state index is 13.0. The normalized spacial score (nSPS) is 11.3. The number of rotatable bonds is 7. The Balaban J connectivity index is 1.75. The van der Waals surface area contributed by atoms with Crippen molar-refractivity contribution in [3.05, 3.63) is 99.7 Å². The highest BCUT2D eigenvalue weighted by Crippen LogP contribution is 2.24. The van der Waals surface area contributed by atoms with Gasteiger partial charge in [-0.1, -0.05) is 30.3 Å². The van der Waals surface area contributed by atoms with E-state index in [-0.39, 0.29) is 28.4 Å². The van der Waals surface area contributed by atoms with Gasteiger partial charge in [0, 0.05) is 18.6 Å². The van der Waals surface area contributed by atoms with Crippen LogP contribution in [0.15, 0.2) is 77.7 Å². The van der Waals surface area contributed by atoms with Gasteiger partial charge in [0.1, 0.15) is 0 Å². The summed E-state index contributed by atoms with van der Waals surface area (Å²) < 4.78 is 28.3. The van der Waals surface area contributed by atoms with Crippen LogP contribution in [0, 0.1) is 10.1 Å². The zero-order valence-electron chi connectivity index (χ0n) is 16.9. The van der Waals surface area contributed by atoms with E-state index in [0.717, 1.165) is 6.07 Å². The van der Waals surface area contributed by atoms with Crippen molar-refractivity contribution in [1.29, 1.82) is 0 Å². The second kappa shape index (κ2) is 8.63. The van der Waals surface area contributed by atoms with Gasteiger partial charge in [-0.05, 0) is 35.9 Å². The summed E-state index contributed by atoms with van der Waals surface area (Å²) >= 11 is 0. The molecule has 0 spiro atoms. The quantitative estimate of drug-likeness (QED) is 0.311. The molecule has 3 aromatic carbocycles. The molecule has 0 aliphatic carbocycles. The summed E-state index contributed by atoms with van der Waals surface area (Å²) in [5, 5.41) is 20.1.